The van der Waals surface area contributed by atoms with E-state index in [0.717, 1.165) is 17.2 Å². The topological polar surface area (TPSA) is 67.1 Å². The highest BCUT2D eigenvalue weighted by atomic mass is 19.1. The third-order valence-corrected chi connectivity index (χ3v) is 2.89. The number of halogens is 2. The van der Waals surface area contributed by atoms with Gasteiger partial charge >= 0.3 is 6.03 Å². The molecule has 2 aromatic carbocycles. The van der Waals surface area contributed by atoms with E-state index in [4.69, 9.17) is 5.73 Å². The van der Waals surface area contributed by atoms with Crippen molar-refractivity contribution in [3.05, 3.63) is 65.2 Å². The molecule has 0 aliphatic rings. The zero-order chi connectivity index (χ0) is 15.2. The maximum Gasteiger partial charge on any atom is 0.319 e. The van der Waals surface area contributed by atoms with Crippen LogP contribution in [0.15, 0.2) is 42.5 Å². The van der Waals surface area contributed by atoms with E-state index in [1.807, 2.05) is 24.3 Å². The number of anilines is 1. The van der Waals surface area contributed by atoms with Crippen LogP contribution in [0.3, 0.4) is 0 Å². The highest BCUT2D eigenvalue weighted by molar-refractivity contribution is 5.89. The number of benzene rings is 2. The molecule has 21 heavy (non-hydrogen) atoms. The van der Waals surface area contributed by atoms with Crippen LogP contribution in [-0.4, -0.2) is 6.03 Å². The van der Waals surface area contributed by atoms with Gasteiger partial charge < -0.3 is 16.4 Å². The molecule has 110 valence electrons. The van der Waals surface area contributed by atoms with Gasteiger partial charge in [0.2, 0.25) is 0 Å². The predicted molar refractivity (Wildman–Crippen MR) is 76.5 cm³/mol. The second-order valence-electron chi connectivity index (χ2n) is 4.45. The first-order chi connectivity index (χ1) is 10.1. The minimum Gasteiger partial charge on any atom is -0.334 e. The van der Waals surface area contributed by atoms with Gasteiger partial charge in [0.15, 0.2) is 0 Å². The van der Waals surface area contributed by atoms with E-state index in [-0.39, 0.29) is 5.69 Å². The van der Waals surface area contributed by atoms with E-state index in [2.05, 4.69) is 10.6 Å². The van der Waals surface area contributed by atoms with E-state index in [9.17, 15) is 13.6 Å². The van der Waals surface area contributed by atoms with Crippen molar-refractivity contribution in [2.45, 2.75) is 13.1 Å². The van der Waals surface area contributed by atoms with Crippen LogP contribution in [0.1, 0.15) is 11.1 Å². The quantitative estimate of drug-likeness (QED) is 0.811. The molecule has 0 fully saturated rings. The Kier molecular flexibility index (Phi) is 4.84. The van der Waals surface area contributed by atoms with E-state index in [0.29, 0.717) is 19.2 Å². The number of urea groups is 1. The Hall–Kier alpha value is -2.47. The van der Waals surface area contributed by atoms with E-state index in [1.165, 1.54) is 6.07 Å². The summed E-state index contributed by atoms with van der Waals surface area (Å²) in [6, 6.07) is 9.82. The molecule has 0 spiro atoms. The first kappa shape index (κ1) is 14.9. The summed E-state index contributed by atoms with van der Waals surface area (Å²) < 4.78 is 26.1. The zero-order valence-corrected chi connectivity index (χ0v) is 11.2. The van der Waals surface area contributed by atoms with Crippen LogP contribution in [0.25, 0.3) is 0 Å². The summed E-state index contributed by atoms with van der Waals surface area (Å²) in [6.07, 6.45) is 0. The largest absolute Gasteiger partial charge is 0.334 e. The zero-order valence-electron chi connectivity index (χ0n) is 11.2. The van der Waals surface area contributed by atoms with E-state index in [1.54, 1.807) is 0 Å². The normalized spacial score (nSPS) is 10.2. The monoisotopic (exact) mass is 291 g/mol. The standard InChI is InChI=1S/C15H15F2N3O/c16-12-5-6-14(13(17)7-12)20-15(21)19-9-11-3-1-10(8-18)2-4-11/h1-7H,8-9,18H2,(H2,19,20,21). The number of nitrogens with two attached hydrogens (primary N) is 1. The van der Waals surface area contributed by atoms with Gasteiger partial charge in [-0.1, -0.05) is 24.3 Å². The first-order valence-electron chi connectivity index (χ1n) is 6.36. The van der Waals surface area contributed by atoms with Crippen molar-refractivity contribution >= 4 is 11.7 Å². The lowest BCUT2D eigenvalue weighted by Crippen LogP contribution is -2.28. The summed E-state index contributed by atoms with van der Waals surface area (Å²) in [4.78, 5) is 11.6. The first-order valence-corrected chi connectivity index (χ1v) is 6.36. The van der Waals surface area contributed by atoms with Gasteiger partial charge in [0.1, 0.15) is 11.6 Å². The summed E-state index contributed by atoms with van der Waals surface area (Å²) in [7, 11) is 0. The van der Waals surface area contributed by atoms with E-state index < -0.39 is 17.7 Å². The van der Waals surface area contributed by atoms with Crippen LogP contribution < -0.4 is 16.4 Å². The molecule has 0 bridgehead atoms. The number of carbonyl (C=O) groups excluding carboxylic acids is 1. The average Bonchev–Trinajstić information content (AvgIpc) is 2.48. The average molecular weight is 291 g/mol. The minimum absolute atomic E-state index is 0.0765. The smallest absolute Gasteiger partial charge is 0.319 e. The number of nitrogens with one attached hydrogen (secondary N) is 2. The van der Waals surface area contributed by atoms with E-state index >= 15 is 0 Å². The van der Waals surface area contributed by atoms with Gasteiger partial charge in [-0.15, -0.1) is 0 Å². The summed E-state index contributed by atoms with van der Waals surface area (Å²) in [6.45, 7) is 0.748. The Bertz CT molecular complexity index is 629. The van der Waals surface area contributed by atoms with Crippen LogP contribution in [0.4, 0.5) is 19.3 Å². The number of carbonyl (C=O) groups is 1. The number of hydrogen-bond donors (Lipinski definition) is 3. The molecule has 6 heteroatoms. The van der Waals surface area contributed by atoms with Crippen molar-refractivity contribution in [3.63, 3.8) is 0 Å². The molecule has 0 heterocycles. The molecule has 2 rings (SSSR count). The SMILES string of the molecule is NCc1ccc(CNC(=O)Nc2ccc(F)cc2F)cc1. The summed E-state index contributed by atoms with van der Waals surface area (Å²) in [5, 5.41) is 4.90. The highest BCUT2D eigenvalue weighted by Crippen LogP contribution is 2.14. The van der Waals surface area contributed by atoms with Gasteiger partial charge in [-0.05, 0) is 23.3 Å². The molecule has 2 amide bonds. The third-order valence-electron chi connectivity index (χ3n) is 2.89. The van der Waals surface area contributed by atoms with Crippen molar-refractivity contribution in [1.29, 1.82) is 0 Å². The number of hydrogen-bond acceptors (Lipinski definition) is 2. The second-order valence-corrected chi connectivity index (χ2v) is 4.45. The fourth-order valence-electron chi connectivity index (χ4n) is 1.73. The predicted octanol–water partition coefficient (Wildman–Crippen LogP) is 2.75. The van der Waals surface area contributed by atoms with Gasteiger partial charge in [0.25, 0.3) is 0 Å². The summed E-state index contributed by atoms with van der Waals surface area (Å²) in [5.74, 6) is -1.52. The molecule has 0 aromatic heterocycles. The number of amides is 2. The Morgan fingerprint density at radius 2 is 1.71 bits per heavy atom. The lowest BCUT2D eigenvalue weighted by Gasteiger charge is -2.09. The maximum absolute atomic E-state index is 13.4. The lowest BCUT2D eigenvalue weighted by molar-refractivity contribution is 0.251. The van der Waals surface area contributed by atoms with Crippen LogP contribution in [0.2, 0.25) is 0 Å². The molecule has 2 aromatic rings. The van der Waals surface area contributed by atoms with Crippen molar-refractivity contribution in [1.82, 2.24) is 5.32 Å². The molecule has 0 saturated heterocycles. The van der Waals surface area contributed by atoms with Crippen LogP contribution in [-0.2, 0) is 13.1 Å². The van der Waals surface area contributed by atoms with Crippen molar-refractivity contribution < 1.29 is 13.6 Å². The molecular weight excluding hydrogens is 276 g/mol. The van der Waals surface area contributed by atoms with Gasteiger partial charge in [0.05, 0.1) is 5.69 Å². The van der Waals surface area contributed by atoms with Crippen molar-refractivity contribution in [3.8, 4) is 0 Å². The lowest BCUT2D eigenvalue weighted by atomic mass is 10.1. The van der Waals surface area contributed by atoms with Crippen molar-refractivity contribution in [2.24, 2.45) is 5.73 Å². The fraction of sp³-hybridized carbons (Fsp3) is 0.133. The summed E-state index contributed by atoms with van der Waals surface area (Å²) >= 11 is 0. The minimum atomic E-state index is -0.822. The van der Waals surface area contributed by atoms with Crippen LogP contribution in [0, 0.1) is 11.6 Å². The fourth-order valence-corrected chi connectivity index (χ4v) is 1.73. The molecule has 4 nitrogen and oxygen atoms in total. The molecule has 0 atom stereocenters. The van der Waals surface area contributed by atoms with Gasteiger partial charge in [-0.25, -0.2) is 13.6 Å². The molecular formula is C15H15F2N3O. The Morgan fingerprint density at radius 1 is 1.05 bits per heavy atom. The Morgan fingerprint density at radius 3 is 2.33 bits per heavy atom. The molecule has 0 aliphatic carbocycles. The molecule has 0 aliphatic heterocycles. The van der Waals surface area contributed by atoms with Gasteiger partial charge in [-0.2, -0.15) is 0 Å². The number of rotatable bonds is 4. The summed E-state index contributed by atoms with van der Waals surface area (Å²) in [5.41, 5.74) is 7.30. The maximum atomic E-state index is 13.4. The molecule has 4 N–H and O–H groups in total. The van der Waals surface area contributed by atoms with Gasteiger partial charge in [-0.3, -0.25) is 0 Å². The molecule has 0 unspecified atom stereocenters. The molecule has 0 saturated carbocycles. The van der Waals surface area contributed by atoms with Crippen LogP contribution in [0.5, 0.6) is 0 Å². The van der Waals surface area contributed by atoms with Gasteiger partial charge in [0, 0.05) is 19.2 Å². The van der Waals surface area contributed by atoms with Crippen molar-refractivity contribution in [2.75, 3.05) is 5.32 Å². The second kappa shape index (κ2) is 6.81. The Balaban J connectivity index is 1.89. The highest BCUT2D eigenvalue weighted by Gasteiger charge is 2.07. The molecule has 0 radical (unpaired) electrons. The van der Waals surface area contributed by atoms with Crippen LogP contribution >= 0.6 is 0 Å². The Labute approximate surface area is 121 Å². The third kappa shape index (κ3) is 4.25.